The Kier molecular flexibility index (Phi) is 4.00. The van der Waals surface area contributed by atoms with Crippen LogP contribution >= 0.6 is 11.3 Å². The van der Waals surface area contributed by atoms with Gasteiger partial charge in [0, 0.05) is 42.7 Å². The molecule has 2 aliphatic rings. The molecule has 0 aromatic carbocycles. The van der Waals surface area contributed by atoms with E-state index in [0.717, 1.165) is 23.3 Å². The van der Waals surface area contributed by atoms with Crippen molar-refractivity contribution < 1.29 is 8.78 Å². The van der Waals surface area contributed by atoms with Crippen LogP contribution in [-0.4, -0.2) is 24.6 Å². The molecule has 0 unspecified atom stereocenters. The molecule has 3 aromatic rings. The molecular weight excluding hydrogens is 402 g/mol. The van der Waals surface area contributed by atoms with Gasteiger partial charge in [-0.15, -0.1) is 11.3 Å². The van der Waals surface area contributed by atoms with E-state index < -0.39 is 11.6 Å². The van der Waals surface area contributed by atoms with Crippen LogP contribution in [0.3, 0.4) is 0 Å². The van der Waals surface area contributed by atoms with Gasteiger partial charge in [0.15, 0.2) is 0 Å². The van der Waals surface area contributed by atoms with Gasteiger partial charge in [-0.3, -0.25) is 18.5 Å². The van der Waals surface area contributed by atoms with Crippen molar-refractivity contribution in [2.45, 2.75) is 57.7 Å². The minimum absolute atomic E-state index is 0.108. The maximum atomic E-state index is 13.3. The minimum atomic E-state index is -2.66. The molecule has 0 atom stereocenters. The Morgan fingerprint density at radius 1 is 1.24 bits per heavy atom. The summed E-state index contributed by atoms with van der Waals surface area (Å²) >= 11 is 1.29. The van der Waals surface area contributed by atoms with Gasteiger partial charge in [0.1, 0.15) is 4.83 Å². The highest BCUT2D eigenvalue weighted by atomic mass is 32.1. The SMILES string of the molecule is Cc1c(Cn2cc[nH]c2=O)sc2c1c(=O)n(C1CC1)c(=O)n2CC1CC(F)(F)C1. The van der Waals surface area contributed by atoms with Crippen molar-refractivity contribution >= 4 is 21.6 Å². The molecular formula is C19H20F2N4O3S. The molecule has 1 N–H and O–H groups in total. The first-order valence-corrected chi connectivity index (χ1v) is 10.5. The fourth-order valence-electron chi connectivity index (χ4n) is 4.18. The molecule has 2 aliphatic carbocycles. The number of rotatable bonds is 5. The maximum absolute atomic E-state index is 13.3. The summed E-state index contributed by atoms with van der Waals surface area (Å²) in [6, 6.07) is -0.108. The molecule has 5 rings (SSSR count). The summed E-state index contributed by atoms with van der Waals surface area (Å²) in [7, 11) is 0. The topological polar surface area (TPSA) is 81.8 Å². The summed E-state index contributed by atoms with van der Waals surface area (Å²) in [4.78, 5) is 42.0. The predicted molar refractivity (Wildman–Crippen MR) is 105 cm³/mol. The van der Waals surface area contributed by atoms with E-state index in [1.165, 1.54) is 31.2 Å². The first kappa shape index (κ1) is 18.5. The average Bonchev–Trinajstić information content (AvgIpc) is 3.29. The number of alkyl halides is 2. The van der Waals surface area contributed by atoms with Crippen molar-refractivity contribution in [3.05, 3.63) is 54.2 Å². The molecule has 0 radical (unpaired) electrons. The Balaban J connectivity index is 1.66. The fourth-order valence-corrected chi connectivity index (χ4v) is 5.47. The average molecular weight is 422 g/mol. The van der Waals surface area contributed by atoms with Crippen molar-refractivity contribution in [2.24, 2.45) is 5.92 Å². The molecule has 7 nitrogen and oxygen atoms in total. The van der Waals surface area contributed by atoms with Crippen LogP contribution < -0.4 is 16.9 Å². The smallest absolute Gasteiger partial charge is 0.313 e. The van der Waals surface area contributed by atoms with E-state index in [9.17, 15) is 23.2 Å². The number of hydrogen-bond acceptors (Lipinski definition) is 4. The predicted octanol–water partition coefficient (Wildman–Crippen LogP) is 2.45. The maximum Gasteiger partial charge on any atom is 0.332 e. The summed E-state index contributed by atoms with van der Waals surface area (Å²) < 4.78 is 31.0. The second-order valence-electron chi connectivity index (χ2n) is 8.15. The number of imidazole rings is 1. The number of halogens is 2. The van der Waals surface area contributed by atoms with E-state index in [2.05, 4.69) is 4.98 Å². The van der Waals surface area contributed by atoms with Crippen LogP contribution in [-0.2, 0) is 13.1 Å². The summed E-state index contributed by atoms with van der Waals surface area (Å²) in [5, 5.41) is 0.464. The van der Waals surface area contributed by atoms with E-state index in [1.54, 1.807) is 6.20 Å². The third-order valence-corrected chi connectivity index (χ3v) is 7.20. The highest BCUT2D eigenvalue weighted by Crippen LogP contribution is 2.43. The monoisotopic (exact) mass is 422 g/mol. The molecule has 2 fully saturated rings. The van der Waals surface area contributed by atoms with E-state index in [-0.39, 0.29) is 49.1 Å². The van der Waals surface area contributed by atoms with Gasteiger partial charge < -0.3 is 4.98 Å². The summed E-state index contributed by atoms with van der Waals surface area (Å²) in [6.45, 7) is 2.28. The number of aromatic amines is 1. The molecule has 154 valence electrons. The van der Waals surface area contributed by atoms with Crippen LogP contribution in [0.2, 0.25) is 0 Å². The van der Waals surface area contributed by atoms with Crippen LogP contribution in [0, 0.1) is 12.8 Å². The Labute approximate surface area is 167 Å². The van der Waals surface area contributed by atoms with Crippen LogP contribution in [0.15, 0.2) is 26.8 Å². The van der Waals surface area contributed by atoms with E-state index in [0.29, 0.717) is 10.2 Å². The molecule has 0 spiro atoms. The number of fused-ring (bicyclic) bond motifs is 1. The number of nitrogens with zero attached hydrogens (tertiary/aromatic N) is 3. The molecule has 0 bridgehead atoms. The number of nitrogens with one attached hydrogen (secondary N) is 1. The quantitative estimate of drug-likeness (QED) is 0.686. The zero-order valence-electron chi connectivity index (χ0n) is 15.8. The van der Waals surface area contributed by atoms with Crippen molar-refractivity contribution in [3.8, 4) is 0 Å². The van der Waals surface area contributed by atoms with Crippen LogP contribution in [0.1, 0.15) is 42.2 Å². The van der Waals surface area contributed by atoms with Gasteiger partial charge in [-0.2, -0.15) is 0 Å². The van der Waals surface area contributed by atoms with Gasteiger partial charge >= 0.3 is 11.4 Å². The standard InChI is InChI=1S/C19H20F2N4O3S/c1-10-13(9-23-5-4-22-17(23)27)29-16-14(10)15(26)25(12-2-3-12)18(28)24(16)8-11-6-19(20,21)7-11/h4-5,11-12H,2-3,6-9H2,1H3,(H,22,27). The number of aryl methyl sites for hydroxylation is 1. The molecule has 3 heterocycles. The first-order valence-electron chi connectivity index (χ1n) is 9.64. The second kappa shape index (κ2) is 6.25. The normalized spacial score (nSPS) is 19.0. The molecule has 2 saturated carbocycles. The fraction of sp³-hybridized carbons (Fsp3) is 0.526. The van der Waals surface area contributed by atoms with Gasteiger partial charge in [0.25, 0.3) is 5.56 Å². The summed E-state index contributed by atoms with van der Waals surface area (Å²) in [5.41, 5.74) is -0.243. The minimum Gasteiger partial charge on any atom is -0.313 e. The van der Waals surface area contributed by atoms with E-state index in [4.69, 9.17) is 0 Å². The van der Waals surface area contributed by atoms with Gasteiger partial charge in [-0.25, -0.2) is 18.4 Å². The summed E-state index contributed by atoms with van der Waals surface area (Å²) in [5.74, 6) is -2.95. The molecule has 10 heteroatoms. The van der Waals surface area contributed by atoms with Crippen molar-refractivity contribution in [2.75, 3.05) is 0 Å². The number of hydrogen-bond donors (Lipinski definition) is 1. The van der Waals surface area contributed by atoms with Crippen molar-refractivity contribution in [3.63, 3.8) is 0 Å². The Bertz CT molecular complexity index is 1280. The third-order valence-electron chi connectivity index (χ3n) is 5.91. The Morgan fingerprint density at radius 3 is 2.55 bits per heavy atom. The van der Waals surface area contributed by atoms with Crippen molar-refractivity contribution in [1.29, 1.82) is 0 Å². The molecule has 29 heavy (non-hydrogen) atoms. The molecule has 0 aliphatic heterocycles. The lowest BCUT2D eigenvalue weighted by Gasteiger charge is -2.35. The zero-order valence-corrected chi connectivity index (χ0v) is 16.6. The first-order chi connectivity index (χ1) is 13.7. The third kappa shape index (κ3) is 3.00. The number of H-pyrrole nitrogens is 1. The summed E-state index contributed by atoms with van der Waals surface area (Å²) in [6.07, 6.45) is 4.24. The van der Waals surface area contributed by atoms with Crippen LogP contribution in [0.4, 0.5) is 8.78 Å². The lowest BCUT2D eigenvalue weighted by molar-refractivity contribution is -0.114. The van der Waals surface area contributed by atoms with Gasteiger partial charge in [0.2, 0.25) is 5.92 Å². The van der Waals surface area contributed by atoms with Gasteiger partial charge in [-0.1, -0.05) is 0 Å². The Morgan fingerprint density at radius 2 is 1.97 bits per heavy atom. The van der Waals surface area contributed by atoms with Crippen LogP contribution in [0.5, 0.6) is 0 Å². The zero-order chi connectivity index (χ0) is 20.5. The number of aromatic nitrogens is 4. The lowest BCUT2D eigenvalue weighted by Crippen LogP contribution is -2.44. The number of thiophene rings is 1. The van der Waals surface area contributed by atoms with Crippen LogP contribution in [0.25, 0.3) is 10.2 Å². The van der Waals surface area contributed by atoms with Crippen molar-refractivity contribution in [1.82, 2.24) is 18.7 Å². The molecule has 0 amide bonds. The lowest BCUT2D eigenvalue weighted by atomic mass is 9.81. The van der Waals surface area contributed by atoms with Gasteiger partial charge in [0.05, 0.1) is 11.9 Å². The Hall–Kier alpha value is -2.49. The van der Waals surface area contributed by atoms with E-state index in [1.807, 2.05) is 6.92 Å². The molecule has 0 saturated heterocycles. The molecule has 3 aromatic heterocycles. The van der Waals surface area contributed by atoms with E-state index >= 15 is 0 Å². The largest absolute Gasteiger partial charge is 0.332 e. The van der Waals surface area contributed by atoms with Gasteiger partial charge in [-0.05, 0) is 31.2 Å². The second-order valence-corrected chi connectivity index (χ2v) is 9.24. The highest BCUT2D eigenvalue weighted by Gasteiger charge is 2.45. The highest BCUT2D eigenvalue weighted by molar-refractivity contribution is 7.18.